The van der Waals surface area contributed by atoms with E-state index in [1.807, 2.05) is 25.2 Å². The van der Waals surface area contributed by atoms with E-state index < -0.39 is 0 Å². The van der Waals surface area contributed by atoms with Crippen molar-refractivity contribution in [2.24, 2.45) is 11.8 Å². The molecule has 0 saturated carbocycles. The first kappa shape index (κ1) is 10.2. The van der Waals surface area contributed by atoms with Crippen molar-refractivity contribution in [3.8, 4) is 0 Å². The molecule has 0 bridgehead atoms. The Morgan fingerprint density at radius 1 is 1.00 bits per heavy atom. The normalized spacial score (nSPS) is 14.9. The zero-order chi connectivity index (χ0) is 8.69. The van der Waals surface area contributed by atoms with Crippen LogP contribution in [0.25, 0.3) is 0 Å². The fraction of sp³-hybridized carbons (Fsp3) is 0.500. The summed E-state index contributed by atoms with van der Waals surface area (Å²) < 4.78 is 0. The topological polar surface area (TPSA) is 17.1 Å². The number of carbonyl (C=O) groups excluding carboxylic acids is 1. The van der Waals surface area contributed by atoms with Gasteiger partial charge >= 0.3 is 0 Å². The Labute approximate surface area is 68.8 Å². The molecule has 1 atom stereocenters. The van der Waals surface area contributed by atoms with E-state index in [4.69, 9.17) is 0 Å². The molecule has 0 saturated heterocycles. The standard InChI is InChI=1S/C10H16O/c1-9(2)6-4-5-7-10(3)8-11/h4-10H,1-3H3/b6-4+,7-5+/t10-/m0/s1. The summed E-state index contributed by atoms with van der Waals surface area (Å²) in [5.41, 5.74) is 0. The van der Waals surface area contributed by atoms with Crippen molar-refractivity contribution in [2.45, 2.75) is 20.8 Å². The van der Waals surface area contributed by atoms with E-state index >= 15 is 0 Å². The van der Waals surface area contributed by atoms with Crippen molar-refractivity contribution in [1.82, 2.24) is 0 Å². The molecular weight excluding hydrogens is 136 g/mol. The molecule has 0 amide bonds. The van der Waals surface area contributed by atoms with Gasteiger partial charge in [0, 0.05) is 5.92 Å². The molecule has 0 aliphatic carbocycles. The van der Waals surface area contributed by atoms with Crippen molar-refractivity contribution in [2.75, 3.05) is 0 Å². The molecule has 1 nitrogen and oxygen atoms in total. The minimum atomic E-state index is 0.0341. The third kappa shape index (κ3) is 7.04. The minimum absolute atomic E-state index is 0.0341. The van der Waals surface area contributed by atoms with E-state index in [1.54, 1.807) is 0 Å². The zero-order valence-electron chi connectivity index (χ0n) is 7.45. The van der Waals surface area contributed by atoms with Crippen LogP contribution in [0.5, 0.6) is 0 Å². The molecular formula is C10H16O. The van der Waals surface area contributed by atoms with E-state index in [0.29, 0.717) is 5.92 Å². The molecule has 0 unspecified atom stereocenters. The molecule has 11 heavy (non-hydrogen) atoms. The highest BCUT2D eigenvalue weighted by atomic mass is 16.1. The minimum Gasteiger partial charge on any atom is -0.303 e. The third-order valence-electron chi connectivity index (χ3n) is 1.24. The van der Waals surface area contributed by atoms with Gasteiger partial charge in [-0.05, 0) is 5.92 Å². The van der Waals surface area contributed by atoms with Crippen molar-refractivity contribution >= 4 is 6.29 Å². The maximum absolute atomic E-state index is 10.2. The smallest absolute Gasteiger partial charge is 0.126 e. The molecule has 0 N–H and O–H groups in total. The Hall–Kier alpha value is -0.850. The average molecular weight is 152 g/mol. The second-order valence-electron chi connectivity index (χ2n) is 3.01. The van der Waals surface area contributed by atoms with Gasteiger partial charge in [0.15, 0.2) is 0 Å². The molecule has 62 valence electrons. The predicted molar refractivity (Wildman–Crippen MR) is 48.3 cm³/mol. The second kappa shape index (κ2) is 5.90. The van der Waals surface area contributed by atoms with Gasteiger partial charge in [-0.2, -0.15) is 0 Å². The maximum Gasteiger partial charge on any atom is 0.126 e. The highest BCUT2D eigenvalue weighted by Gasteiger charge is 1.88. The number of aldehydes is 1. The monoisotopic (exact) mass is 152 g/mol. The van der Waals surface area contributed by atoms with Gasteiger partial charge in [-0.15, -0.1) is 0 Å². The summed E-state index contributed by atoms with van der Waals surface area (Å²) in [6, 6.07) is 0. The molecule has 0 aliphatic rings. The Balaban J connectivity index is 3.67. The van der Waals surface area contributed by atoms with Crippen LogP contribution in [0.3, 0.4) is 0 Å². The molecule has 0 aromatic carbocycles. The summed E-state index contributed by atoms with van der Waals surface area (Å²) >= 11 is 0. The lowest BCUT2D eigenvalue weighted by molar-refractivity contribution is -0.109. The zero-order valence-corrected chi connectivity index (χ0v) is 7.45. The predicted octanol–water partition coefficient (Wildman–Crippen LogP) is 2.59. The van der Waals surface area contributed by atoms with Gasteiger partial charge in [-0.1, -0.05) is 45.1 Å². The molecule has 1 heteroatoms. The molecule has 0 heterocycles. The summed E-state index contributed by atoms with van der Waals surface area (Å²) in [4.78, 5) is 10.2. The first-order valence-electron chi connectivity index (χ1n) is 3.97. The van der Waals surface area contributed by atoms with Crippen LogP contribution in [0, 0.1) is 11.8 Å². The van der Waals surface area contributed by atoms with Gasteiger partial charge in [-0.25, -0.2) is 0 Å². The Morgan fingerprint density at radius 2 is 1.55 bits per heavy atom. The third-order valence-corrected chi connectivity index (χ3v) is 1.24. The van der Waals surface area contributed by atoms with Gasteiger partial charge in [0.2, 0.25) is 0 Å². The van der Waals surface area contributed by atoms with Gasteiger partial charge in [-0.3, -0.25) is 0 Å². The largest absolute Gasteiger partial charge is 0.303 e. The number of rotatable bonds is 4. The molecule has 0 radical (unpaired) electrons. The van der Waals surface area contributed by atoms with Gasteiger partial charge in [0.05, 0.1) is 0 Å². The summed E-state index contributed by atoms with van der Waals surface area (Å²) in [5, 5.41) is 0. The van der Waals surface area contributed by atoms with Crippen LogP contribution in [-0.4, -0.2) is 6.29 Å². The van der Waals surface area contributed by atoms with Crippen molar-refractivity contribution < 1.29 is 4.79 Å². The SMILES string of the molecule is CC(C)/C=C/C=C/[C@H](C)C=O. The lowest BCUT2D eigenvalue weighted by Crippen LogP contribution is -1.87. The van der Waals surface area contributed by atoms with Crippen molar-refractivity contribution in [3.05, 3.63) is 24.3 Å². The van der Waals surface area contributed by atoms with E-state index in [0.717, 1.165) is 6.29 Å². The van der Waals surface area contributed by atoms with E-state index in [1.165, 1.54) is 0 Å². The Bertz CT molecular complexity index is 154. The fourth-order valence-electron chi connectivity index (χ4n) is 0.571. The quantitative estimate of drug-likeness (QED) is 0.447. The molecule has 0 fully saturated rings. The van der Waals surface area contributed by atoms with Crippen LogP contribution in [-0.2, 0) is 4.79 Å². The Morgan fingerprint density at radius 3 is 2.00 bits per heavy atom. The molecule has 0 aromatic rings. The lowest BCUT2D eigenvalue weighted by atomic mass is 10.1. The molecule has 0 aliphatic heterocycles. The highest BCUT2D eigenvalue weighted by molar-refractivity contribution is 5.55. The fourth-order valence-corrected chi connectivity index (χ4v) is 0.571. The number of allylic oxidation sites excluding steroid dienone is 4. The van der Waals surface area contributed by atoms with Crippen LogP contribution in [0.2, 0.25) is 0 Å². The molecule has 0 rings (SSSR count). The maximum atomic E-state index is 10.2. The summed E-state index contributed by atoms with van der Waals surface area (Å²) in [7, 11) is 0. The van der Waals surface area contributed by atoms with Crippen LogP contribution in [0.4, 0.5) is 0 Å². The Kier molecular flexibility index (Phi) is 5.44. The van der Waals surface area contributed by atoms with E-state index in [-0.39, 0.29) is 5.92 Å². The molecule has 0 spiro atoms. The van der Waals surface area contributed by atoms with E-state index in [2.05, 4.69) is 19.9 Å². The van der Waals surface area contributed by atoms with Gasteiger partial charge in [0.25, 0.3) is 0 Å². The molecule has 0 aromatic heterocycles. The van der Waals surface area contributed by atoms with Crippen molar-refractivity contribution in [1.29, 1.82) is 0 Å². The summed E-state index contributed by atoms with van der Waals surface area (Å²) in [6.07, 6.45) is 8.79. The van der Waals surface area contributed by atoms with Gasteiger partial charge in [0.1, 0.15) is 6.29 Å². The number of hydrogen-bond donors (Lipinski definition) is 0. The summed E-state index contributed by atoms with van der Waals surface area (Å²) in [6.45, 7) is 6.10. The second-order valence-corrected chi connectivity index (χ2v) is 3.01. The lowest BCUT2D eigenvalue weighted by Gasteiger charge is -1.91. The number of carbonyl (C=O) groups is 1. The van der Waals surface area contributed by atoms with Crippen LogP contribution in [0.1, 0.15) is 20.8 Å². The number of hydrogen-bond acceptors (Lipinski definition) is 1. The first-order valence-corrected chi connectivity index (χ1v) is 3.97. The summed E-state index contributed by atoms with van der Waals surface area (Å²) in [5.74, 6) is 0.609. The van der Waals surface area contributed by atoms with Crippen LogP contribution >= 0.6 is 0 Å². The van der Waals surface area contributed by atoms with Crippen molar-refractivity contribution in [3.63, 3.8) is 0 Å². The first-order chi connectivity index (χ1) is 5.16. The van der Waals surface area contributed by atoms with Crippen LogP contribution in [0.15, 0.2) is 24.3 Å². The highest BCUT2D eigenvalue weighted by Crippen LogP contribution is 1.95. The van der Waals surface area contributed by atoms with Crippen LogP contribution < -0.4 is 0 Å². The van der Waals surface area contributed by atoms with Gasteiger partial charge < -0.3 is 4.79 Å². The van der Waals surface area contributed by atoms with E-state index in [9.17, 15) is 4.79 Å². The average Bonchev–Trinajstić information content (AvgIpc) is 1.97.